The molecule has 0 fully saturated rings. The number of ether oxygens (including phenoxy) is 1. The normalized spacial score (nSPS) is 13.0. The first kappa shape index (κ1) is 17.4. The number of nitrogens with zero attached hydrogens (tertiary/aromatic N) is 2. The van der Waals surface area contributed by atoms with Crippen LogP contribution in [0.2, 0.25) is 0 Å². The molecule has 0 saturated carbocycles. The third kappa shape index (κ3) is 4.74. The Morgan fingerprint density at radius 3 is 2.68 bits per heavy atom. The third-order valence-electron chi connectivity index (χ3n) is 3.35. The average molecular weight is 305 g/mol. The minimum atomic E-state index is -1.03. The van der Waals surface area contributed by atoms with Crippen LogP contribution in [0.5, 0.6) is 0 Å². The molecule has 0 radical (unpaired) electrons. The predicted octanol–water partition coefficient (Wildman–Crippen LogP) is 0.446. The molecule has 1 N–H and O–H groups in total. The standard InChI is InChI=1S/C15H19N3O4/c1-11(2)15(3,10-16)17-12(19)9-22-14(21)8-18-7-5-4-6-13(18)20/h4-7,11H,8-9H2,1-3H3,(H,17,19)/t15-/m0/s1. The van der Waals surface area contributed by atoms with Gasteiger partial charge in [0.1, 0.15) is 12.1 Å². The molecule has 0 bridgehead atoms. The van der Waals surface area contributed by atoms with E-state index < -0.39 is 24.0 Å². The number of carbonyl (C=O) groups excluding carboxylic acids is 2. The van der Waals surface area contributed by atoms with Gasteiger partial charge in [0.2, 0.25) is 0 Å². The van der Waals surface area contributed by atoms with Gasteiger partial charge in [0, 0.05) is 12.3 Å². The van der Waals surface area contributed by atoms with E-state index in [9.17, 15) is 14.4 Å². The molecule has 22 heavy (non-hydrogen) atoms. The van der Waals surface area contributed by atoms with Crippen molar-refractivity contribution in [2.45, 2.75) is 32.9 Å². The van der Waals surface area contributed by atoms with E-state index in [-0.39, 0.29) is 18.0 Å². The van der Waals surface area contributed by atoms with Gasteiger partial charge in [-0.05, 0) is 18.9 Å². The van der Waals surface area contributed by atoms with Crippen molar-refractivity contribution in [1.29, 1.82) is 5.26 Å². The fourth-order valence-corrected chi connectivity index (χ4v) is 1.55. The molecule has 0 saturated heterocycles. The van der Waals surface area contributed by atoms with Crippen LogP contribution in [-0.2, 0) is 20.9 Å². The summed E-state index contributed by atoms with van der Waals surface area (Å²) in [5, 5.41) is 11.6. The lowest BCUT2D eigenvalue weighted by atomic mass is 9.90. The highest BCUT2D eigenvalue weighted by Crippen LogP contribution is 2.14. The number of carbonyl (C=O) groups is 2. The van der Waals surface area contributed by atoms with Crippen LogP contribution in [0.3, 0.4) is 0 Å². The Labute approximate surface area is 128 Å². The van der Waals surface area contributed by atoms with Gasteiger partial charge in [-0.1, -0.05) is 19.9 Å². The molecule has 1 amide bonds. The molecule has 0 aromatic carbocycles. The van der Waals surface area contributed by atoms with Gasteiger partial charge in [-0.2, -0.15) is 5.26 Å². The fourth-order valence-electron chi connectivity index (χ4n) is 1.55. The molecule has 0 unspecified atom stereocenters. The van der Waals surface area contributed by atoms with E-state index in [1.54, 1.807) is 32.9 Å². The smallest absolute Gasteiger partial charge is 0.326 e. The van der Waals surface area contributed by atoms with Crippen LogP contribution in [0, 0.1) is 17.2 Å². The Balaban J connectivity index is 2.51. The van der Waals surface area contributed by atoms with Gasteiger partial charge in [-0.25, -0.2) is 0 Å². The van der Waals surface area contributed by atoms with Crippen LogP contribution in [0.4, 0.5) is 0 Å². The van der Waals surface area contributed by atoms with Crippen LogP contribution in [0.1, 0.15) is 20.8 Å². The minimum Gasteiger partial charge on any atom is -0.454 e. The Hall–Kier alpha value is -2.62. The zero-order valence-electron chi connectivity index (χ0n) is 12.8. The lowest BCUT2D eigenvalue weighted by molar-refractivity contribution is -0.149. The molecule has 1 atom stereocenters. The number of esters is 1. The van der Waals surface area contributed by atoms with Crippen LogP contribution >= 0.6 is 0 Å². The number of nitrogens with one attached hydrogen (secondary N) is 1. The SMILES string of the molecule is CC(C)[C@](C)(C#N)NC(=O)COC(=O)Cn1ccccc1=O. The molecule has 0 aliphatic carbocycles. The van der Waals surface area contributed by atoms with E-state index >= 15 is 0 Å². The number of rotatable bonds is 6. The van der Waals surface area contributed by atoms with Crippen molar-refractivity contribution < 1.29 is 14.3 Å². The first-order valence-corrected chi connectivity index (χ1v) is 6.82. The Kier molecular flexibility index (Phi) is 5.87. The van der Waals surface area contributed by atoms with E-state index in [0.29, 0.717) is 0 Å². The maximum atomic E-state index is 11.7. The van der Waals surface area contributed by atoms with Crippen molar-refractivity contribution in [2.24, 2.45) is 5.92 Å². The monoisotopic (exact) mass is 305 g/mol. The predicted molar refractivity (Wildman–Crippen MR) is 78.7 cm³/mol. The Morgan fingerprint density at radius 1 is 1.45 bits per heavy atom. The summed E-state index contributed by atoms with van der Waals surface area (Å²) in [6, 6.07) is 6.52. The number of amides is 1. The molecule has 0 aliphatic rings. The number of hydrogen-bond donors (Lipinski definition) is 1. The van der Waals surface area contributed by atoms with Gasteiger partial charge in [-0.3, -0.25) is 14.4 Å². The average Bonchev–Trinajstić information content (AvgIpc) is 2.47. The summed E-state index contributed by atoms with van der Waals surface area (Å²) < 4.78 is 5.99. The summed E-state index contributed by atoms with van der Waals surface area (Å²) >= 11 is 0. The Morgan fingerprint density at radius 2 is 2.14 bits per heavy atom. The van der Waals surface area contributed by atoms with Gasteiger partial charge in [-0.15, -0.1) is 0 Å². The van der Waals surface area contributed by atoms with Crippen molar-refractivity contribution in [1.82, 2.24) is 9.88 Å². The van der Waals surface area contributed by atoms with Crippen molar-refractivity contribution in [2.75, 3.05) is 6.61 Å². The molecular formula is C15H19N3O4. The van der Waals surface area contributed by atoms with Crippen LogP contribution in [-0.4, -0.2) is 28.6 Å². The second-order valence-corrected chi connectivity index (χ2v) is 5.34. The first-order valence-electron chi connectivity index (χ1n) is 6.82. The molecule has 1 aromatic heterocycles. The molecule has 118 valence electrons. The maximum Gasteiger partial charge on any atom is 0.326 e. The van der Waals surface area contributed by atoms with E-state index in [2.05, 4.69) is 5.32 Å². The highest BCUT2D eigenvalue weighted by atomic mass is 16.5. The summed E-state index contributed by atoms with van der Waals surface area (Å²) in [7, 11) is 0. The summed E-state index contributed by atoms with van der Waals surface area (Å²) in [6.07, 6.45) is 1.45. The maximum absolute atomic E-state index is 11.7. The zero-order valence-corrected chi connectivity index (χ0v) is 12.8. The van der Waals surface area contributed by atoms with Gasteiger partial charge in [0.25, 0.3) is 11.5 Å². The van der Waals surface area contributed by atoms with Crippen molar-refractivity contribution in [3.63, 3.8) is 0 Å². The molecule has 0 aliphatic heterocycles. The summed E-state index contributed by atoms with van der Waals surface area (Å²) in [4.78, 5) is 34.8. The van der Waals surface area contributed by atoms with E-state index in [1.807, 2.05) is 6.07 Å². The van der Waals surface area contributed by atoms with E-state index in [1.165, 1.54) is 16.8 Å². The molecule has 0 spiro atoms. The van der Waals surface area contributed by atoms with Gasteiger partial charge in [0.05, 0.1) is 6.07 Å². The first-order chi connectivity index (χ1) is 10.3. The lowest BCUT2D eigenvalue weighted by Crippen LogP contribution is -2.50. The summed E-state index contributed by atoms with van der Waals surface area (Å²) in [6.45, 7) is 4.44. The Bertz CT molecular complexity index is 645. The largest absolute Gasteiger partial charge is 0.454 e. The molecule has 7 heteroatoms. The quantitative estimate of drug-likeness (QED) is 0.769. The molecular weight excluding hydrogens is 286 g/mol. The van der Waals surface area contributed by atoms with Crippen molar-refractivity contribution >= 4 is 11.9 Å². The van der Waals surface area contributed by atoms with Gasteiger partial charge in [0.15, 0.2) is 6.61 Å². The van der Waals surface area contributed by atoms with E-state index in [0.717, 1.165) is 0 Å². The molecule has 1 aromatic rings. The zero-order chi connectivity index (χ0) is 16.8. The van der Waals surface area contributed by atoms with Crippen LogP contribution in [0.25, 0.3) is 0 Å². The van der Waals surface area contributed by atoms with Crippen molar-refractivity contribution in [3.8, 4) is 6.07 Å². The number of nitriles is 1. The van der Waals surface area contributed by atoms with E-state index in [4.69, 9.17) is 10.00 Å². The second-order valence-electron chi connectivity index (χ2n) is 5.34. The fraction of sp³-hybridized carbons (Fsp3) is 0.467. The second kappa shape index (κ2) is 7.41. The summed E-state index contributed by atoms with van der Waals surface area (Å²) in [5.41, 5.74) is -1.36. The van der Waals surface area contributed by atoms with Crippen LogP contribution < -0.4 is 10.9 Å². The number of hydrogen-bond acceptors (Lipinski definition) is 5. The highest BCUT2D eigenvalue weighted by Gasteiger charge is 2.30. The van der Waals surface area contributed by atoms with Crippen molar-refractivity contribution in [3.05, 3.63) is 34.7 Å². The number of pyridine rings is 1. The van der Waals surface area contributed by atoms with Gasteiger partial charge < -0.3 is 14.6 Å². The molecule has 1 rings (SSSR count). The highest BCUT2D eigenvalue weighted by molar-refractivity contribution is 5.81. The third-order valence-corrected chi connectivity index (χ3v) is 3.35. The lowest BCUT2D eigenvalue weighted by Gasteiger charge is -2.27. The summed E-state index contributed by atoms with van der Waals surface area (Å²) in [5.74, 6) is -1.36. The minimum absolute atomic E-state index is 0.0972. The number of aromatic nitrogens is 1. The molecule has 7 nitrogen and oxygen atoms in total. The van der Waals surface area contributed by atoms with Gasteiger partial charge >= 0.3 is 5.97 Å². The van der Waals surface area contributed by atoms with Crippen LogP contribution in [0.15, 0.2) is 29.2 Å². The molecule has 1 heterocycles. The topological polar surface area (TPSA) is 101 Å².